The standard InChI is InChI=1S/C17H20FNO2/c1-3-20-14-7-9-15(10-8-14)21-17-13(11-12(2)19)5-4-6-16(17)18/h4-10,12H,3,11,19H2,1-2H3. The Labute approximate surface area is 124 Å². The Hall–Kier alpha value is -2.07. The van der Waals surface area contributed by atoms with E-state index < -0.39 is 0 Å². The maximum Gasteiger partial charge on any atom is 0.166 e. The third-order valence-electron chi connectivity index (χ3n) is 2.95. The minimum Gasteiger partial charge on any atom is -0.494 e. The molecule has 0 aromatic heterocycles. The Morgan fingerprint density at radius 2 is 1.76 bits per heavy atom. The highest BCUT2D eigenvalue weighted by atomic mass is 19.1. The van der Waals surface area contributed by atoms with Gasteiger partial charge in [-0.2, -0.15) is 0 Å². The average Bonchev–Trinajstić information content (AvgIpc) is 2.44. The molecule has 1 atom stereocenters. The summed E-state index contributed by atoms with van der Waals surface area (Å²) in [5.74, 6) is 1.17. The first-order valence-electron chi connectivity index (χ1n) is 7.04. The summed E-state index contributed by atoms with van der Waals surface area (Å²) in [7, 11) is 0. The molecule has 2 aromatic rings. The first-order chi connectivity index (χ1) is 10.1. The summed E-state index contributed by atoms with van der Waals surface area (Å²) in [6.45, 7) is 4.40. The first-order valence-corrected chi connectivity index (χ1v) is 7.04. The highest BCUT2D eigenvalue weighted by molar-refractivity contribution is 5.41. The van der Waals surface area contributed by atoms with Crippen LogP contribution in [-0.4, -0.2) is 12.6 Å². The Kier molecular flexibility index (Phi) is 5.17. The molecular weight excluding hydrogens is 269 g/mol. The molecule has 0 aliphatic rings. The van der Waals surface area contributed by atoms with Crippen LogP contribution in [0.1, 0.15) is 19.4 Å². The number of rotatable bonds is 6. The van der Waals surface area contributed by atoms with Crippen LogP contribution in [-0.2, 0) is 6.42 Å². The van der Waals surface area contributed by atoms with E-state index in [1.165, 1.54) is 6.07 Å². The molecule has 4 heteroatoms. The van der Waals surface area contributed by atoms with Gasteiger partial charge in [0.15, 0.2) is 11.6 Å². The van der Waals surface area contributed by atoms with Crippen molar-refractivity contribution in [2.45, 2.75) is 26.3 Å². The van der Waals surface area contributed by atoms with Gasteiger partial charge in [0, 0.05) is 6.04 Å². The predicted molar refractivity (Wildman–Crippen MR) is 81.4 cm³/mol. The summed E-state index contributed by atoms with van der Waals surface area (Å²) in [6.07, 6.45) is 0.560. The monoisotopic (exact) mass is 289 g/mol. The van der Waals surface area contributed by atoms with Crippen molar-refractivity contribution < 1.29 is 13.9 Å². The van der Waals surface area contributed by atoms with Crippen LogP contribution in [0.5, 0.6) is 17.2 Å². The van der Waals surface area contributed by atoms with Crippen molar-refractivity contribution in [1.29, 1.82) is 0 Å². The average molecular weight is 289 g/mol. The number of hydrogen-bond donors (Lipinski definition) is 1. The van der Waals surface area contributed by atoms with E-state index in [4.69, 9.17) is 15.2 Å². The lowest BCUT2D eigenvalue weighted by Gasteiger charge is -2.14. The summed E-state index contributed by atoms with van der Waals surface area (Å²) in [6, 6.07) is 11.9. The Morgan fingerprint density at radius 3 is 2.38 bits per heavy atom. The fourth-order valence-corrected chi connectivity index (χ4v) is 2.06. The second-order valence-corrected chi connectivity index (χ2v) is 4.92. The molecule has 0 fully saturated rings. The van der Waals surface area contributed by atoms with Gasteiger partial charge < -0.3 is 15.2 Å². The molecule has 0 radical (unpaired) electrons. The Balaban J connectivity index is 2.22. The fourth-order valence-electron chi connectivity index (χ4n) is 2.06. The van der Waals surface area contributed by atoms with Gasteiger partial charge in [0.05, 0.1) is 6.61 Å². The predicted octanol–water partition coefficient (Wildman–Crippen LogP) is 3.91. The lowest BCUT2D eigenvalue weighted by atomic mass is 10.1. The Morgan fingerprint density at radius 1 is 1.10 bits per heavy atom. The van der Waals surface area contributed by atoms with E-state index in [2.05, 4.69) is 0 Å². The number of nitrogens with two attached hydrogens (primary N) is 1. The Bertz CT molecular complexity index is 582. The summed E-state index contributed by atoms with van der Waals surface area (Å²) in [5.41, 5.74) is 6.56. The van der Waals surface area contributed by atoms with Gasteiger partial charge in [-0.1, -0.05) is 12.1 Å². The van der Waals surface area contributed by atoms with Crippen LogP contribution in [0.2, 0.25) is 0 Å². The normalized spacial score (nSPS) is 12.0. The molecule has 3 nitrogen and oxygen atoms in total. The molecule has 0 heterocycles. The lowest BCUT2D eigenvalue weighted by Crippen LogP contribution is -2.18. The van der Waals surface area contributed by atoms with Gasteiger partial charge in [0.2, 0.25) is 0 Å². The van der Waals surface area contributed by atoms with Gasteiger partial charge in [0.25, 0.3) is 0 Å². The summed E-state index contributed by atoms with van der Waals surface area (Å²) < 4.78 is 25.0. The van der Waals surface area contributed by atoms with Gasteiger partial charge in [-0.3, -0.25) is 0 Å². The maximum absolute atomic E-state index is 14.0. The van der Waals surface area contributed by atoms with E-state index in [1.54, 1.807) is 30.3 Å². The second-order valence-electron chi connectivity index (χ2n) is 4.92. The molecule has 21 heavy (non-hydrogen) atoms. The summed E-state index contributed by atoms with van der Waals surface area (Å²) in [4.78, 5) is 0. The molecule has 0 saturated heterocycles. The fraction of sp³-hybridized carbons (Fsp3) is 0.294. The maximum atomic E-state index is 14.0. The molecule has 0 aliphatic carbocycles. The van der Waals surface area contributed by atoms with Crippen molar-refractivity contribution in [3.8, 4) is 17.2 Å². The number of halogens is 1. The van der Waals surface area contributed by atoms with Crippen molar-refractivity contribution in [3.63, 3.8) is 0 Å². The van der Waals surface area contributed by atoms with Crippen molar-refractivity contribution in [2.75, 3.05) is 6.61 Å². The van der Waals surface area contributed by atoms with E-state index in [-0.39, 0.29) is 17.6 Å². The number of ether oxygens (including phenoxy) is 2. The zero-order valence-corrected chi connectivity index (χ0v) is 12.3. The molecule has 0 saturated carbocycles. The molecule has 0 bridgehead atoms. The van der Waals surface area contributed by atoms with Crippen LogP contribution in [0.15, 0.2) is 42.5 Å². The highest BCUT2D eigenvalue weighted by Gasteiger charge is 2.12. The molecule has 2 aromatic carbocycles. The van der Waals surface area contributed by atoms with Gasteiger partial charge in [-0.05, 0) is 56.2 Å². The molecule has 0 amide bonds. The molecule has 0 spiro atoms. The molecule has 2 N–H and O–H groups in total. The summed E-state index contributed by atoms with van der Waals surface area (Å²) >= 11 is 0. The topological polar surface area (TPSA) is 44.5 Å². The van der Waals surface area contributed by atoms with E-state index >= 15 is 0 Å². The van der Waals surface area contributed by atoms with Gasteiger partial charge in [-0.25, -0.2) is 4.39 Å². The molecule has 112 valence electrons. The highest BCUT2D eigenvalue weighted by Crippen LogP contribution is 2.30. The van der Waals surface area contributed by atoms with Crippen LogP contribution in [0.25, 0.3) is 0 Å². The van der Waals surface area contributed by atoms with Crippen LogP contribution in [0.4, 0.5) is 4.39 Å². The van der Waals surface area contributed by atoms with Gasteiger partial charge in [0.1, 0.15) is 11.5 Å². The van der Waals surface area contributed by atoms with E-state index in [9.17, 15) is 4.39 Å². The third-order valence-corrected chi connectivity index (χ3v) is 2.95. The number of benzene rings is 2. The van der Waals surface area contributed by atoms with Gasteiger partial charge >= 0.3 is 0 Å². The molecule has 2 rings (SSSR count). The van der Waals surface area contributed by atoms with E-state index in [0.717, 1.165) is 11.3 Å². The zero-order chi connectivity index (χ0) is 15.2. The second kappa shape index (κ2) is 7.09. The quantitative estimate of drug-likeness (QED) is 0.877. The zero-order valence-electron chi connectivity index (χ0n) is 12.3. The van der Waals surface area contributed by atoms with Crippen LogP contribution in [0.3, 0.4) is 0 Å². The van der Waals surface area contributed by atoms with Crippen molar-refractivity contribution in [1.82, 2.24) is 0 Å². The minimum atomic E-state index is -0.387. The van der Waals surface area contributed by atoms with Gasteiger partial charge in [-0.15, -0.1) is 0 Å². The largest absolute Gasteiger partial charge is 0.494 e. The lowest BCUT2D eigenvalue weighted by molar-refractivity contribution is 0.339. The van der Waals surface area contributed by atoms with Crippen molar-refractivity contribution in [3.05, 3.63) is 53.8 Å². The number of hydrogen-bond acceptors (Lipinski definition) is 3. The molecule has 0 aliphatic heterocycles. The van der Waals surface area contributed by atoms with Crippen molar-refractivity contribution in [2.24, 2.45) is 5.73 Å². The van der Waals surface area contributed by atoms with Crippen LogP contribution in [0, 0.1) is 5.82 Å². The van der Waals surface area contributed by atoms with Crippen LogP contribution >= 0.6 is 0 Å². The minimum absolute atomic E-state index is 0.0607. The first kappa shape index (κ1) is 15.3. The summed E-state index contributed by atoms with van der Waals surface area (Å²) in [5, 5.41) is 0. The van der Waals surface area contributed by atoms with Crippen LogP contribution < -0.4 is 15.2 Å². The van der Waals surface area contributed by atoms with Crippen molar-refractivity contribution >= 4 is 0 Å². The van der Waals surface area contributed by atoms with E-state index in [0.29, 0.717) is 18.8 Å². The smallest absolute Gasteiger partial charge is 0.166 e. The SMILES string of the molecule is CCOc1ccc(Oc2c(F)cccc2CC(C)N)cc1. The third kappa shape index (κ3) is 4.20. The number of para-hydroxylation sites is 1. The van der Waals surface area contributed by atoms with E-state index in [1.807, 2.05) is 19.9 Å². The molecular formula is C17H20FNO2. The molecule has 1 unspecified atom stereocenters.